The number of hydrogen-bond donors (Lipinski definition) is 0. The molecule has 0 saturated heterocycles. The second-order valence-corrected chi connectivity index (χ2v) is 15.7. The number of carbonyl (C=O) groups is 1. The summed E-state index contributed by atoms with van der Waals surface area (Å²) >= 11 is 1.37. The first-order valence-electron chi connectivity index (χ1n) is 19.6. The lowest BCUT2D eigenvalue weighted by Gasteiger charge is -2.33. The smallest absolute Gasteiger partial charge is 0.417 e. The minimum absolute atomic E-state index is 0.000822. The molecule has 11 nitrogen and oxygen atoms in total. The zero-order valence-corrected chi connectivity index (χ0v) is 35.6. The normalized spacial score (nSPS) is 15.0. The minimum atomic E-state index is -4.73. The maximum absolute atomic E-state index is 15.3. The van der Waals surface area contributed by atoms with Gasteiger partial charge in [0, 0.05) is 69.1 Å². The minimum Gasteiger partial charge on any atom is -0.497 e. The van der Waals surface area contributed by atoms with Crippen LogP contribution in [0.25, 0.3) is 0 Å². The second kappa shape index (κ2) is 17.9. The Morgan fingerprint density at radius 1 is 0.983 bits per heavy atom. The van der Waals surface area contributed by atoms with Gasteiger partial charge in [0.2, 0.25) is 0 Å². The summed E-state index contributed by atoms with van der Waals surface area (Å²) in [5, 5.41) is 5.18. The first kappa shape index (κ1) is 42.4. The van der Waals surface area contributed by atoms with Gasteiger partial charge in [-0.05, 0) is 79.6 Å². The number of aryl methyl sites for hydroxylation is 1. The lowest BCUT2D eigenvalue weighted by molar-refractivity contribution is -0.140. The standard InChI is InChI=1S/C45H48F3N7O4S/c1-8-10-31-21-32(54(24-29-11-15-33(57-5)16-12-29)25-30-13-17-34(58-6)18-14-30)22-35(40(31)45(46,47)48)39-23-37-36(27-59-39)42(50-44(49-37)60-7)53-19-9-20-55-38(26-53)28(2)41(51-55)43(56)52(3)4/h11-18,21-22,39H,9,19-20,23-27H2,1-7H3. The van der Waals surface area contributed by atoms with Crippen molar-refractivity contribution in [2.75, 3.05) is 50.9 Å². The Morgan fingerprint density at radius 3 is 2.20 bits per heavy atom. The molecule has 60 heavy (non-hydrogen) atoms. The molecule has 2 aliphatic rings. The van der Waals surface area contributed by atoms with Crippen LogP contribution in [0.1, 0.15) is 80.3 Å². The Kier molecular flexibility index (Phi) is 12.6. The molecule has 15 heteroatoms. The largest absolute Gasteiger partial charge is 0.497 e. The molecule has 2 aromatic heterocycles. The number of methoxy groups -OCH3 is 2. The van der Waals surface area contributed by atoms with Gasteiger partial charge in [0.05, 0.1) is 50.4 Å². The van der Waals surface area contributed by atoms with Crippen molar-refractivity contribution < 1.29 is 32.2 Å². The molecule has 0 radical (unpaired) electrons. The quantitative estimate of drug-likeness (QED) is 0.0735. The third-order valence-corrected chi connectivity index (χ3v) is 11.4. The van der Waals surface area contributed by atoms with Crippen molar-refractivity contribution in [2.45, 2.75) is 76.9 Å². The van der Waals surface area contributed by atoms with E-state index < -0.39 is 17.8 Å². The van der Waals surface area contributed by atoms with E-state index in [1.54, 1.807) is 34.4 Å². The summed E-state index contributed by atoms with van der Waals surface area (Å²) in [6, 6.07) is 18.4. The number of hydrogen-bond acceptors (Lipinski definition) is 10. The van der Waals surface area contributed by atoms with E-state index in [0.29, 0.717) is 72.3 Å². The summed E-state index contributed by atoms with van der Waals surface area (Å²) in [7, 11) is 6.61. The molecule has 1 atom stereocenters. The van der Waals surface area contributed by atoms with Crippen molar-refractivity contribution in [1.82, 2.24) is 24.6 Å². The number of alkyl halides is 3. The van der Waals surface area contributed by atoms with Crippen molar-refractivity contribution in [3.8, 4) is 23.3 Å². The van der Waals surface area contributed by atoms with Crippen molar-refractivity contribution in [3.63, 3.8) is 0 Å². The van der Waals surface area contributed by atoms with Crippen molar-refractivity contribution in [1.29, 1.82) is 0 Å². The monoisotopic (exact) mass is 839 g/mol. The summed E-state index contributed by atoms with van der Waals surface area (Å²) in [6.07, 6.45) is -3.00. The molecule has 1 unspecified atom stereocenters. The number of nitrogens with zero attached hydrogens (tertiary/aromatic N) is 7. The van der Waals surface area contributed by atoms with Gasteiger partial charge in [0.1, 0.15) is 17.3 Å². The zero-order valence-electron chi connectivity index (χ0n) is 34.8. The van der Waals surface area contributed by atoms with Crippen LogP contribution in [0.2, 0.25) is 0 Å². The number of thioether (sulfide) groups is 1. The van der Waals surface area contributed by atoms with Gasteiger partial charge >= 0.3 is 6.18 Å². The van der Waals surface area contributed by atoms with E-state index in [1.807, 2.05) is 71.3 Å². The molecule has 5 aromatic rings. The molecular weight excluding hydrogens is 792 g/mol. The number of amides is 1. The first-order valence-corrected chi connectivity index (χ1v) is 20.8. The second-order valence-electron chi connectivity index (χ2n) is 15.0. The van der Waals surface area contributed by atoms with Crippen LogP contribution in [0, 0.1) is 18.8 Å². The van der Waals surface area contributed by atoms with Gasteiger partial charge in [-0.15, -0.1) is 5.92 Å². The number of benzene rings is 3. The Labute approximate surface area is 352 Å². The summed E-state index contributed by atoms with van der Waals surface area (Å²) in [6.45, 7) is 5.95. The van der Waals surface area contributed by atoms with Crippen LogP contribution in [-0.4, -0.2) is 71.7 Å². The molecule has 7 rings (SSSR count). The molecule has 1 amide bonds. The van der Waals surface area contributed by atoms with E-state index in [-0.39, 0.29) is 30.1 Å². The van der Waals surface area contributed by atoms with E-state index in [1.165, 1.54) is 29.7 Å². The number of carbonyl (C=O) groups excluding carboxylic acids is 1. The summed E-state index contributed by atoms with van der Waals surface area (Å²) in [5.41, 5.74) is 5.00. The van der Waals surface area contributed by atoms with Crippen LogP contribution >= 0.6 is 11.8 Å². The Bertz CT molecular complexity index is 2380. The molecule has 0 saturated carbocycles. The summed E-state index contributed by atoms with van der Waals surface area (Å²) < 4.78 is 65.2. The molecule has 0 bridgehead atoms. The topological polar surface area (TPSA) is 98.1 Å². The van der Waals surface area contributed by atoms with Crippen LogP contribution in [0.3, 0.4) is 0 Å². The maximum atomic E-state index is 15.3. The van der Waals surface area contributed by atoms with Crippen LogP contribution in [0.5, 0.6) is 11.5 Å². The Morgan fingerprint density at radius 2 is 1.63 bits per heavy atom. The molecule has 0 N–H and O–H groups in total. The average Bonchev–Trinajstić information content (AvgIpc) is 3.39. The van der Waals surface area contributed by atoms with E-state index in [9.17, 15) is 4.79 Å². The number of halogens is 3. The zero-order chi connectivity index (χ0) is 42.7. The predicted octanol–water partition coefficient (Wildman–Crippen LogP) is 8.24. The van der Waals surface area contributed by atoms with Gasteiger partial charge in [-0.25, -0.2) is 9.97 Å². The fourth-order valence-electron chi connectivity index (χ4n) is 7.80. The van der Waals surface area contributed by atoms with E-state index in [0.717, 1.165) is 34.4 Å². The van der Waals surface area contributed by atoms with E-state index in [2.05, 4.69) is 21.8 Å². The molecule has 0 aliphatic carbocycles. The molecular formula is C45H48F3N7O4S. The SMILES string of the molecule is CC#Cc1cc(N(Cc2ccc(OC)cc2)Cc2ccc(OC)cc2)cc(C2Cc3nc(SC)nc(N4CCCn5nc(C(=O)N(C)C)c(C)c5C4)c3CO2)c1C(F)(F)F. The maximum Gasteiger partial charge on any atom is 0.417 e. The average molecular weight is 840 g/mol. The summed E-state index contributed by atoms with van der Waals surface area (Å²) in [5.74, 6) is 7.42. The molecule has 3 aromatic carbocycles. The van der Waals surface area contributed by atoms with Crippen LogP contribution < -0.4 is 19.3 Å². The fraction of sp³-hybridized carbons (Fsp3) is 0.378. The molecule has 0 spiro atoms. The Balaban J connectivity index is 1.29. The summed E-state index contributed by atoms with van der Waals surface area (Å²) in [4.78, 5) is 28.5. The van der Waals surface area contributed by atoms with Gasteiger partial charge in [0.15, 0.2) is 10.9 Å². The van der Waals surface area contributed by atoms with Gasteiger partial charge in [0.25, 0.3) is 5.91 Å². The number of rotatable bonds is 11. The number of fused-ring (bicyclic) bond motifs is 2. The van der Waals surface area contributed by atoms with Crippen molar-refractivity contribution in [2.24, 2.45) is 0 Å². The fourth-order valence-corrected chi connectivity index (χ4v) is 8.18. The molecule has 2 aliphatic heterocycles. The van der Waals surface area contributed by atoms with E-state index >= 15 is 13.2 Å². The number of ether oxygens (including phenoxy) is 3. The highest BCUT2D eigenvalue weighted by Gasteiger charge is 2.41. The van der Waals surface area contributed by atoms with Gasteiger partial charge < -0.3 is 28.9 Å². The third kappa shape index (κ3) is 8.90. The van der Waals surface area contributed by atoms with Crippen LogP contribution in [0.15, 0.2) is 65.8 Å². The molecule has 314 valence electrons. The third-order valence-electron chi connectivity index (χ3n) is 10.9. The Hall–Kier alpha value is -5.72. The van der Waals surface area contributed by atoms with Gasteiger partial charge in [-0.1, -0.05) is 41.9 Å². The molecule has 4 heterocycles. The highest BCUT2D eigenvalue weighted by atomic mass is 32.2. The van der Waals surface area contributed by atoms with Gasteiger partial charge in [-0.2, -0.15) is 18.3 Å². The van der Waals surface area contributed by atoms with Crippen molar-refractivity contribution >= 4 is 29.2 Å². The lowest BCUT2D eigenvalue weighted by atomic mass is 9.91. The van der Waals surface area contributed by atoms with Gasteiger partial charge in [-0.3, -0.25) is 9.48 Å². The van der Waals surface area contributed by atoms with Crippen molar-refractivity contribution in [3.05, 3.63) is 117 Å². The first-order chi connectivity index (χ1) is 28.8. The van der Waals surface area contributed by atoms with Crippen LogP contribution in [-0.2, 0) is 50.1 Å². The predicted molar refractivity (Wildman–Crippen MR) is 226 cm³/mol. The lowest BCUT2D eigenvalue weighted by Crippen LogP contribution is -2.29. The van der Waals surface area contributed by atoms with Crippen LogP contribution in [0.4, 0.5) is 24.7 Å². The number of anilines is 2. The highest BCUT2D eigenvalue weighted by Crippen LogP contribution is 2.44. The van der Waals surface area contributed by atoms with E-state index in [4.69, 9.17) is 24.2 Å². The highest BCUT2D eigenvalue weighted by molar-refractivity contribution is 7.98. The molecule has 0 fully saturated rings. The number of aromatic nitrogens is 4.